The summed E-state index contributed by atoms with van der Waals surface area (Å²) in [6.07, 6.45) is 34.1. The largest absolute Gasteiger partial charge is 0.462 e. The minimum atomic E-state index is -4.76. The fourth-order valence-corrected chi connectivity index (χ4v) is 6.63. The van der Waals surface area contributed by atoms with Gasteiger partial charge in [-0.1, -0.05) is 147 Å². The summed E-state index contributed by atoms with van der Waals surface area (Å²) in [6.45, 7) is 7.80. The number of benzene rings is 1. The molecule has 0 atom stereocenters. The third-order valence-electron chi connectivity index (χ3n) is 8.80. The second-order valence-corrected chi connectivity index (χ2v) is 14.5. The van der Waals surface area contributed by atoms with E-state index >= 15 is 0 Å². The van der Waals surface area contributed by atoms with Crippen molar-refractivity contribution < 1.29 is 32.0 Å². The number of unbranched alkanes of at least 4 members (excludes halogenated alkanes) is 24. The van der Waals surface area contributed by atoms with Gasteiger partial charge >= 0.3 is 11.9 Å². The average molecular weight is 691 g/mol. The molecule has 48 heavy (non-hydrogen) atoms. The van der Waals surface area contributed by atoms with Gasteiger partial charge in [-0.3, -0.25) is 4.55 Å². The number of rotatable bonds is 33. The predicted octanol–water partition coefficient (Wildman–Crippen LogP) is 11.8. The van der Waals surface area contributed by atoms with Gasteiger partial charge in [0.05, 0.1) is 24.3 Å². The van der Waals surface area contributed by atoms with Gasteiger partial charge in [0.25, 0.3) is 10.1 Å². The van der Waals surface area contributed by atoms with Crippen LogP contribution in [0.4, 0.5) is 0 Å². The second-order valence-electron chi connectivity index (χ2n) is 13.1. The molecule has 0 aliphatic carbocycles. The van der Waals surface area contributed by atoms with Crippen LogP contribution >= 0.6 is 0 Å². The maximum Gasteiger partial charge on any atom is 0.340 e. The van der Waals surface area contributed by atoms with E-state index in [0.29, 0.717) is 12.8 Å². The van der Waals surface area contributed by atoms with Crippen LogP contribution in [0.25, 0.3) is 0 Å². The van der Waals surface area contributed by atoms with Crippen LogP contribution in [0, 0.1) is 0 Å². The highest BCUT2D eigenvalue weighted by molar-refractivity contribution is 7.86. The Hall–Kier alpha value is -2.45. The lowest BCUT2D eigenvalue weighted by Gasteiger charge is -2.13. The van der Waals surface area contributed by atoms with E-state index in [-0.39, 0.29) is 18.8 Å². The summed E-state index contributed by atoms with van der Waals surface area (Å²) in [5.74, 6) is -1.75. The average Bonchev–Trinajstić information content (AvgIpc) is 3.07. The fraction of sp³-hybridized carbons (Fsp3) is 0.700. The molecule has 8 heteroatoms. The van der Waals surface area contributed by atoms with Crippen LogP contribution in [0.2, 0.25) is 0 Å². The summed E-state index contributed by atoms with van der Waals surface area (Å²) in [4.78, 5) is 25.2. The number of ether oxygens (including phenoxy) is 2. The first-order valence-corrected chi connectivity index (χ1v) is 20.4. The fourth-order valence-electron chi connectivity index (χ4n) is 5.92. The minimum Gasteiger partial charge on any atom is -0.462 e. The summed E-state index contributed by atoms with van der Waals surface area (Å²) in [6, 6.07) is 3.73. The monoisotopic (exact) mass is 690 g/mol. The van der Waals surface area contributed by atoms with Gasteiger partial charge in [0.1, 0.15) is 4.90 Å². The van der Waals surface area contributed by atoms with E-state index in [2.05, 4.69) is 13.2 Å². The van der Waals surface area contributed by atoms with Crippen molar-refractivity contribution in [2.75, 3.05) is 13.2 Å². The van der Waals surface area contributed by atoms with Crippen molar-refractivity contribution in [2.45, 2.75) is 172 Å². The predicted molar refractivity (Wildman–Crippen MR) is 197 cm³/mol. The molecular formula is C40H66O7S. The summed E-state index contributed by atoms with van der Waals surface area (Å²) >= 11 is 0. The number of allylic oxidation sites excluding steroid dienone is 2. The zero-order chi connectivity index (χ0) is 35.1. The highest BCUT2D eigenvalue weighted by Crippen LogP contribution is 2.23. The Balaban J connectivity index is 2.30. The highest BCUT2D eigenvalue weighted by Gasteiger charge is 2.28. The summed E-state index contributed by atoms with van der Waals surface area (Å²) in [5.41, 5.74) is -0.685. The van der Waals surface area contributed by atoms with Gasteiger partial charge in [-0.2, -0.15) is 8.42 Å². The zero-order valence-electron chi connectivity index (χ0n) is 29.9. The smallest absolute Gasteiger partial charge is 0.340 e. The molecule has 0 aromatic heterocycles. The molecule has 0 aliphatic heterocycles. The quantitative estimate of drug-likeness (QED) is 0.0338. The van der Waals surface area contributed by atoms with E-state index in [1.54, 1.807) is 0 Å². The molecule has 0 spiro atoms. The lowest BCUT2D eigenvalue weighted by molar-refractivity contribution is 0.0446. The Labute approximate surface area is 293 Å². The number of hydrogen-bond donors (Lipinski definition) is 1. The van der Waals surface area contributed by atoms with Crippen molar-refractivity contribution in [1.82, 2.24) is 0 Å². The zero-order valence-corrected chi connectivity index (χ0v) is 30.7. The standard InChI is InChI=1S/C40H66O7S/c1-3-5-7-9-11-13-15-17-19-21-23-25-27-29-34-46-39(41)36-32-31-33-37(48(43,44)45)38(36)40(42)47-35-30-28-26-24-22-20-18-16-14-12-10-8-6-4-2/h3-4,31-33H,1-2,5-30,34-35H2,(H,43,44,45). The van der Waals surface area contributed by atoms with Crippen molar-refractivity contribution in [2.24, 2.45) is 0 Å². The molecule has 1 rings (SSSR count). The molecule has 0 amide bonds. The molecule has 0 unspecified atom stereocenters. The molecule has 0 bridgehead atoms. The van der Waals surface area contributed by atoms with Crippen LogP contribution in [-0.2, 0) is 19.6 Å². The SMILES string of the molecule is C=CCCCCCCCCCCCCCCOC(=O)c1cccc(S(=O)(=O)O)c1C(=O)OCCCCCCCCCCCCCCC=C. The highest BCUT2D eigenvalue weighted by atomic mass is 32.2. The molecule has 0 heterocycles. The molecule has 0 saturated heterocycles. The van der Waals surface area contributed by atoms with Gasteiger partial charge in [0, 0.05) is 0 Å². The van der Waals surface area contributed by atoms with E-state index < -0.39 is 32.5 Å². The Morgan fingerprint density at radius 3 is 1.23 bits per heavy atom. The minimum absolute atomic E-state index is 0.106. The molecule has 0 fully saturated rings. The third kappa shape index (κ3) is 22.2. The Kier molecular flexibility index (Phi) is 26.7. The van der Waals surface area contributed by atoms with Crippen LogP contribution in [0.1, 0.15) is 188 Å². The van der Waals surface area contributed by atoms with Crippen LogP contribution < -0.4 is 0 Å². The van der Waals surface area contributed by atoms with E-state index in [0.717, 1.165) is 57.4 Å². The lowest BCUT2D eigenvalue weighted by atomic mass is 10.0. The van der Waals surface area contributed by atoms with Gasteiger partial charge in [-0.15, -0.1) is 13.2 Å². The third-order valence-corrected chi connectivity index (χ3v) is 9.70. The van der Waals surface area contributed by atoms with Gasteiger partial charge in [0.2, 0.25) is 0 Å². The Bertz CT molecular complexity index is 1110. The van der Waals surface area contributed by atoms with Gasteiger partial charge < -0.3 is 9.47 Å². The molecule has 0 saturated carbocycles. The number of carbonyl (C=O) groups is 2. The molecule has 0 radical (unpaired) electrons. The second kappa shape index (κ2) is 29.5. The van der Waals surface area contributed by atoms with Crippen LogP contribution in [0.5, 0.6) is 0 Å². The van der Waals surface area contributed by atoms with Gasteiger partial charge in [-0.05, 0) is 50.7 Å². The normalized spacial score (nSPS) is 11.4. The lowest BCUT2D eigenvalue weighted by Crippen LogP contribution is -2.19. The van der Waals surface area contributed by atoms with Crippen molar-refractivity contribution >= 4 is 22.1 Å². The molecular weight excluding hydrogens is 624 g/mol. The number of hydrogen-bond acceptors (Lipinski definition) is 6. The first kappa shape index (κ1) is 43.6. The molecule has 1 N–H and O–H groups in total. The Morgan fingerprint density at radius 1 is 0.542 bits per heavy atom. The van der Waals surface area contributed by atoms with Crippen LogP contribution in [0.15, 0.2) is 48.4 Å². The van der Waals surface area contributed by atoms with Gasteiger partial charge in [-0.25, -0.2) is 9.59 Å². The summed E-state index contributed by atoms with van der Waals surface area (Å²) in [7, 11) is -4.76. The maximum absolute atomic E-state index is 13.0. The van der Waals surface area contributed by atoms with Crippen LogP contribution in [0.3, 0.4) is 0 Å². The molecule has 274 valence electrons. The van der Waals surface area contributed by atoms with Crippen LogP contribution in [-0.4, -0.2) is 38.1 Å². The number of esters is 2. The molecule has 1 aromatic rings. The summed E-state index contributed by atoms with van der Waals surface area (Å²) in [5, 5.41) is 0. The van der Waals surface area contributed by atoms with Crippen molar-refractivity contribution in [3.63, 3.8) is 0 Å². The van der Waals surface area contributed by atoms with E-state index in [9.17, 15) is 22.6 Å². The van der Waals surface area contributed by atoms with Crippen molar-refractivity contribution in [3.8, 4) is 0 Å². The topological polar surface area (TPSA) is 107 Å². The molecule has 0 aliphatic rings. The van der Waals surface area contributed by atoms with Gasteiger partial charge in [0.15, 0.2) is 0 Å². The number of carbonyl (C=O) groups excluding carboxylic acids is 2. The Morgan fingerprint density at radius 2 is 0.875 bits per heavy atom. The van der Waals surface area contributed by atoms with E-state index in [1.807, 2.05) is 12.2 Å². The summed E-state index contributed by atoms with van der Waals surface area (Å²) < 4.78 is 44.6. The molecule has 1 aromatic carbocycles. The van der Waals surface area contributed by atoms with E-state index in [4.69, 9.17) is 9.47 Å². The first-order valence-electron chi connectivity index (χ1n) is 19.0. The first-order chi connectivity index (χ1) is 23.3. The molecule has 7 nitrogen and oxygen atoms in total. The van der Waals surface area contributed by atoms with E-state index in [1.165, 1.54) is 115 Å². The van der Waals surface area contributed by atoms with Crippen molar-refractivity contribution in [1.29, 1.82) is 0 Å². The maximum atomic E-state index is 13.0. The van der Waals surface area contributed by atoms with Crippen molar-refractivity contribution in [3.05, 3.63) is 54.6 Å².